The van der Waals surface area contributed by atoms with Crippen molar-refractivity contribution in [3.63, 3.8) is 0 Å². The number of fused-ring (bicyclic) bond motifs is 1. The van der Waals surface area contributed by atoms with Crippen molar-refractivity contribution < 1.29 is 19.4 Å². The number of carbonyl (C=O) groups is 1. The topological polar surface area (TPSA) is 116 Å². The first kappa shape index (κ1) is 24.7. The van der Waals surface area contributed by atoms with Crippen LogP contribution in [-0.2, 0) is 16.1 Å². The van der Waals surface area contributed by atoms with E-state index in [4.69, 9.17) is 14.6 Å². The molecule has 188 valence electrons. The van der Waals surface area contributed by atoms with Gasteiger partial charge in [-0.2, -0.15) is 0 Å². The van der Waals surface area contributed by atoms with E-state index in [1.807, 2.05) is 24.4 Å². The lowest BCUT2D eigenvalue weighted by Crippen LogP contribution is -2.36. The van der Waals surface area contributed by atoms with E-state index in [0.29, 0.717) is 24.8 Å². The molecule has 4 rings (SSSR count). The molecule has 0 radical (unpaired) electrons. The highest BCUT2D eigenvalue weighted by atomic mass is 16.5. The summed E-state index contributed by atoms with van der Waals surface area (Å²) >= 11 is 0. The molecule has 1 aliphatic rings. The van der Waals surface area contributed by atoms with Crippen LogP contribution in [0.15, 0.2) is 30.7 Å². The number of carboxylic acid groups (broad SMARTS) is 1. The number of morpholine rings is 1. The Balaban J connectivity index is 1.58. The third-order valence-electron chi connectivity index (χ3n) is 6.06. The summed E-state index contributed by atoms with van der Waals surface area (Å²) in [7, 11) is 2.13. The fourth-order valence-electron chi connectivity index (χ4n) is 4.30. The van der Waals surface area contributed by atoms with Crippen LogP contribution in [0.4, 0.5) is 17.2 Å². The number of aromatic nitrogens is 3. The predicted molar refractivity (Wildman–Crippen MR) is 136 cm³/mol. The monoisotopic (exact) mass is 482 g/mol. The van der Waals surface area contributed by atoms with Gasteiger partial charge in [0.15, 0.2) is 6.61 Å². The second-order valence-electron chi connectivity index (χ2n) is 8.79. The number of aromatic amines is 1. The summed E-state index contributed by atoms with van der Waals surface area (Å²) < 4.78 is 11.1. The molecule has 3 N–H and O–H groups in total. The maximum Gasteiger partial charge on any atom is 0.341 e. The second kappa shape index (κ2) is 11.9. The van der Waals surface area contributed by atoms with Crippen molar-refractivity contribution in [3.05, 3.63) is 36.3 Å². The molecule has 0 saturated carbocycles. The Kier molecular flexibility index (Phi) is 8.38. The Hall–Kier alpha value is -3.37. The van der Waals surface area contributed by atoms with Gasteiger partial charge >= 0.3 is 5.97 Å². The molecule has 0 atom stereocenters. The van der Waals surface area contributed by atoms with Crippen LogP contribution in [0.2, 0.25) is 0 Å². The molecule has 10 heteroatoms. The quantitative estimate of drug-likeness (QED) is 0.333. The van der Waals surface area contributed by atoms with Gasteiger partial charge in [0.25, 0.3) is 0 Å². The van der Waals surface area contributed by atoms with Crippen LogP contribution < -0.4 is 15.0 Å². The van der Waals surface area contributed by atoms with Gasteiger partial charge in [-0.15, -0.1) is 0 Å². The first-order chi connectivity index (χ1) is 17.0. The first-order valence-corrected chi connectivity index (χ1v) is 12.1. The molecule has 1 fully saturated rings. The summed E-state index contributed by atoms with van der Waals surface area (Å²) in [5.41, 5.74) is 3.50. The zero-order chi connectivity index (χ0) is 24.6. The molecule has 35 heavy (non-hydrogen) atoms. The standard InChI is InChI=1S/C25H34N6O4/c1-3-4-5-8-30(2)15-18-14-26-24-23(18)25(28-17-27-24)29-19-6-7-20(31-9-11-34-12-10-31)21(13-19)35-16-22(32)33/h6-7,13-14,17H,3-5,8-12,15-16H2,1-2H3,(H,32,33)(H2,26,27,28,29). The molecular weight excluding hydrogens is 448 g/mol. The molecule has 0 unspecified atom stereocenters. The summed E-state index contributed by atoms with van der Waals surface area (Å²) in [4.78, 5) is 27.8. The van der Waals surface area contributed by atoms with Crippen LogP contribution in [0.25, 0.3) is 11.0 Å². The highest BCUT2D eigenvalue weighted by Crippen LogP contribution is 2.34. The number of rotatable bonds is 12. The number of aliphatic carboxylic acids is 1. The summed E-state index contributed by atoms with van der Waals surface area (Å²) in [5.74, 6) is 0.180. The van der Waals surface area contributed by atoms with Crippen LogP contribution in [0.1, 0.15) is 31.7 Å². The molecule has 10 nitrogen and oxygen atoms in total. The Morgan fingerprint density at radius 3 is 2.89 bits per heavy atom. The fourth-order valence-corrected chi connectivity index (χ4v) is 4.30. The maximum absolute atomic E-state index is 11.2. The van der Waals surface area contributed by atoms with Crippen molar-refractivity contribution >= 4 is 34.2 Å². The lowest BCUT2D eigenvalue weighted by atomic mass is 10.2. The van der Waals surface area contributed by atoms with Crippen LogP contribution >= 0.6 is 0 Å². The van der Waals surface area contributed by atoms with E-state index >= 15 is 0 Å². The normalized spacial score (nSPS) is 14.0. The molecule has 1 saturated heterocycles. The van der Waals surface area contributed by atoms with Crippen molar-refractivity contribution in [2.24, 2.45) is 0 Å². The van der Waals surface area contributed by atoms with Crippen LogP contribution in [0.5, 0.6) is 5.75 Å². The third kappa shape index (κ3) is 6.40. The van der Waals surface area contributed by atoms with E-state index in [0.717, 1.165) is 54.2 Å². The smallest absolute Gasteiger partial charge is 0.341 e. The van der Waals surface area contributed by atoms with E-state index in [1.54, 1.807) is 0 Å². The highest BCUT2D eigenvalue weighted by molar-refractivity contribution is 5.92. The molecule has 1 aromatic carbocycles. The molecule has 1 aliphatic heterocycles. The number of hydrogen-bond donors (Lipinski definition) is 3. The number of unbranched alkanes of at least 4 members (excludes halogenated alkanes) is 2. The van der Waals surface area contributed by atoms with Crippen LogP contribution in [-0.4, -0.2) is 77.4 Å². The number of nitrogens with one attached hydrogen (secondary N) is 2. The Morgan fingerprint density at radius 1 is 1.29 bits per heavy atom. The van der Waals surface area contributed by atoms with Gasteiger partial charge in [-0.3, -0.25) is 0 Å². The Bertz CT molecular complexity index is 1130. The minimum Gasteiger partial charge on any atom is -0.480 e. The number of ether oxygens (including phenoxy) is 2. The summed E-state index contributed by atoms with van der Waals surface area (Å²) in [6.45, 7) is 6.31. The lowest BCUT2D eigenvalue weighted by molar-refractivity contribution is -0.139. The largest absolute Gasteiger partial charge is 0.480 e. The van der Waals surface area contributed by atoms with Gasteiger partial charge < -0.3 is 34.7 Å². The summed E-state index contributed by atoms with van der Waals surface area (Å²) in [6.07, 6.45) is 7.11. The van der Waals surface area contributed by atoms with E-state index < -0.39 is 12.6 Å². The summed E-state index contributed by atoms with van der Waals surface area (Å²) in [5, 5.41) is 13.5. The number of nitrogens with zero attached hydrogens (tertiary/aromatic N) is 4. The minimum atomic E-state index is -1.02. The fraction of sp³-hybridized carbons (Fsp3) is 0.480. The first-order valence-electron chi connectivity index (χ1n) is 12.1. The Morgan fingerprint density at radius 2 is 2.11 bits per heavy atom. The minimum absolute atomic E-state index is 0.412. The van der Waals surface area contributed by atoms with Gasteiger partial charge in [-0.05, 0) is 37.7 Å². The molecule has 3 aromatic rings. The lowest BCUT2D eigenvalue weighted by Gasteiger charge is -2.30. The highest BCUT2D eigenvalue weighted by Gasteiger charge is 2.18. The zero-order valence-corrected chi connectivity index (χ0v) is 20.4. The third-order valence-corrected chi connectivity index (χ3v) is 6.06. The number of carboxylic acids is 1. The SMILES string of the molecule is CCCCCN(C)Cc1c[nH]c2ncnc(Nc3ccc(N4CCOCC4)c(OCC(=O)O)c3)c12. The maximum atomic E-state index is 11.2. The molecule has 0 aliphatic carbocycles. The molecular formula is C25H34N6O4. The van der Waals surface area contributed by atoms with Crippen molar-refractivity contribution in [1.82, 2.24) is 19.9 Å². The van der Waals surface area contributed by atoms with Gasteiger partial charge in [-0.25, -0.2) is 14.8 Å². The van der Waals surface area contributed by atoms with Crippen LogP contribution in [0.3, 0.4) is 0 Å². The molecule has 0 spiro atoms. The van der Waals surface area contributed by atoms with Crippen LogP contribution in [0, 0.1) is 0 Å². The average Bonchev–Trinajstić information content (AvgIpc) is 3.27. The number of anilines is 3. The molecule has 2 aromatic heterocycles. The average molecular weight is 483 g/mol. The van der Waals surface area contributed by atoms with Gasteiger partial charge in [0.1, 0.15) is 23.5 Å². The predicted octanol–water partition coefficient (Wildman–Crippen LogP) is 3.62. The summed E-state index contributed by atoms with van der Waals surface area (Å²) in [6, 6.07) is 5.73. The van der Waals surface area contributed by atoms with E-state index in [9.17, 15) is 4.79 Å². The van der Waals surface area contributed by atoms with E-state index in [-0.39, 0.29) is 0 Å². The number of benzene rings is 1. The van der Waals surface area contributed by atoms with Crippen molar-refractivity contribution in [3.8, 4) is 5.75 Å². The van der Waals surface area contributed by atoms with Gasteiger partial charge in [0.05, 0.1) is 24.3 Å². The van der Waals surface area contributed by atoms with Gasteiger partial charge in [0, 0.05) is 37.6 Å². The molecule has 0 bridgehead atoms. The van der Waals surface area contributed by atoms with Crippen molar-refractivity contribution in [1.29, 1.82) is 0 Å². The van der Waals surface area contributed by atoms with Gasteiger partial charge in [0.2, 0.25) is 0 Å². The number of hydrogen-bond acceptors (Lipinski definition) is 8. The molecule has 0 amide bonds. The zero-order valence-electron chi connectivity index (χ0n) is 20.4. The molecule has 3 heterocycles. The number of H-pyrrole nitrogens is 1. The van der Waals surface area contributed by atoms with Crippen molar-refractivity contribution in [2.75, 3.05) is 56.7 Å². The van der Waals surface area contributed by atoms with E-state index in [2.05, 4.69) is 44.0 Å². The second-order valence-corrected chi connectivity index (χ2v) is 8.79. The Labute approximate surface area is 205 Å². The van der Waals surface area contributed by atoms with Gasteiger partial charge in [-0.1, -0.05) is 19.8 Å². The van der Waals surface area contributed by atoms with E-state index in [1.165, 1.54) is 25.6 Å². The van der Waals surface area contributed by atoms with Crippen molar-refractivity contribution in [2.45, 2.75) is 32.7 Å².